The minimum atomic E-state index is -4.40. The lowest BCUT2D eigenvalue weighted by Gasteiger charge is -2.24. The van der Waals surface area contributed by atoms with Crippen LogP contribution in [0.2, 0.25) is 0 Å². The molecule has 0 aromatic carbocycles. The summed E-state index contributed by atoms with van der Waals surface area (Å²) in [5, 5.41) is 11.7. The molecule has 9 nitrogen and oxygen atoms in total. The highest BCUT2D eigenvalue weighted by Gasteiger charge is 2.28. The van der Waals surface area contributed by atoms with Crippen LogP contribution >= 0.6 is 7.82 Å². The quantitative estimate of drug-likeness (QED) is 0.0595. The fraction of sp³-hybridized carbons (Fsp3) is 0.929. The van der Waals surface area contributed by atoms with Crippen LogP contribution in [-0.4, -0.2) is 73.3 Å². The van der Waals surface area contributed by atoms with Crippen molar-refractivity contribution >= 4 is 19.7 Å². The highest BCUT2D eigenvalue weighted by Crippen LogP contribution is 2.43. The number of carbonyl (C=O) groups is 2. The minimum absolute atomic E-state index is 0.0132. The van der Waals surface area contributed by atoms with Gasteiger partial charge in [-0.05, 0) is 6.42 Å². The van der Waals surface area contributed by atoms with Crippen molar-refractivity contribution in [1.29, 1.82) is 0 Å². The van der Waals surface area contributed by atoms with E-state index in [1.807, 2.05) is 21.1 Å². The van der Waals surface area contributed by atoms with Gasteiger partial charge in [0.05, 0.1) is 27.7 Å². The Kier molecular flexibility index (Phi) is 22.2. The van der Waals surface area contributed by atoms with E-state index >= 15 is 0 Å². The monoisotopic (exact) mass is 565 g/mol. The van der Waals surface area contributed by atoms with Crippen LogP contribution < -0.4 is 5.32 Å². The number of hydrogen-bond acceptors (Lipinski definition) is 5. The van der Waals surface area contributed by atoms with Gasteiger partial charge in [0.2, 0.25) is 5.91 Å². The van der Waals surface area contributed by atoms with Gasteiger partial charge in [-0.25, -0.2) is 9.36 Å². The number of carboxylic acid groups (broad SMARTS) is 1. The largest absolute Gasteiger partial charge is 0.480 e. The molecule has 0 aliphatic rings. The molecule has 226 valence electrons. The first-order valence-corrected chi connectivity index (χ1v) is 16.4. The molecule has 2 atom stereocenters. The summed E-state index contributed by atoms with van der Waals surface area (Å²) in [5.41, 5.74) is 0. The number of aliphatic carboxylic acids is 1. The lowest BCUT2D eigenvalue weighted by atomic mass is 10.0. The molecule has 0 aliphatic carbocycles. The molecule has 0 saturated carbocycles. The Balaban J connectivity index is 3.75. The average molecular weight is 566 g/mol. The molecule has 10 heteroatoms. The normalized spacial score (nSPS) is 14.2. The number of carbonyl (C=O) groups excluding carboxylic acids is 1. The third kappa shape index (κ3) is 25.3. The summed E-state index contributed by atoms with van der Waals surface area (Å²) in [6.45, 7) is 2.08. The second-order valence-corrected chi connectivity index (χ2v) is 12.9. The van der Waals surface area contributed by atoms with Gasteiger partial charge in [-0.3, -0.25) is 13.8 Å². The Labute approximate surface area is 232 Å². The van der Waals surface area contributed by atoms with Crippen molar-refractivity contribution in [3.05, 3.63) is 0 Å². The third-order valence-corrected chi connectivity index (χ3v) is 7.55. The summed E-state index contributed by atoms with van der Waals surface area (Å²) in [7, 11) is 1.32. The van der Waals surface area contributed by atoms with Gasteiger partial charge >= 0.3 is 13.8 Å². The topological polar surface area (TPSA) is 122 Å². The lowest BCUT2D eigenvalue weighted by Crippen LogP contribution is -2.43. The van der Waals surface area contributed by atoms with Crippen LogP contribution in [0.25, 0.3) is 0 Å². The molecular formula is C28H58N2O7P+. The maximum Gasteiger partial charge on any atom is 0.472 e. The molecule has 1 unspecified atom stereocenters. The second kappa shape index (κ2) is 22.8. The molecule has 3 N–H and O–H groups in total. The van der Waals surface area contributed by atoms with Crippen LogP contribution in [0.1, 0.15) is 122 Å². The van der Waals surface area contributed by atoms with Gasteiger partial charge in [0.25, 0.3) is 0 Å². The number of nitrogens with zero attached hydrogens (tertiary/aromatic N) is 1. The molecule has 0 bridgehead atoms. The summed E-state index contributed by atoms with van der Waals surface area (Å²) < 4.78 is 22.2. The molecule has 0 aromatic rings. The number of quaternary nitrogens is 1. The van der Waals surface area contributed by atoms with Crippen molar-refractivity contribution < 1.29 is 37.7 Å². The fourth-order valence-electron chi connectivity index (χ4n) is 4.09. The van der Waals surface area contributed by atoms with Crippen LogP contribution in [0.15, 0.2) is 0 Å². The van der Waals surface area contributed by atoms with Gasteiger partial charge in [-0.1, -0.05) is 110 Å². The molecule has 1 amide bonds. The van der Waals surface area contributed by atoms with E-state index in [9.17, 15) is 24.2 Å². The van der Waals surface area contributed by atoms with Gasteiger partial charge in [-0.2, -0.15) is 0 Å². The predicted octanol–water partition coefficient (Wildman–Crippen LogP) is 6.44. The van der Waals surface area contributed by atoms with E-state index in [2.05, 4.69) is 12.2 Å². The van der Waals surface area contributed by atoms with Crippen LogP contribution in [0.4, 0.5) is 0 Å². The second-order valence-electron chi connectivity index (χ2n) is 11.5. The van der Waals surface area contributed by atoms with Crippen LogP contribution in [0.3, 0.4) is 0 Å². The number of carboxylic acids is 1. The fourth-order valence-corrected chi connectivity index (χ4v) is 4.81. The highest BCUT2D eigenvalue weighted by molar-refractivity contribution is 7.47. The van der Waals surface area contributed by atoms with Crippen LogP contribution in [-0.2, 0) is 23.2 Å². The van der Waals surface area contributed by atoms with Gasteiger partial charge in [0, 0.05) is 6.42 Å². The summed E-state index contributed by atoms with van der Waals surface area (Å²) in [6, 6.07) is -1.41. The molecule has 0 aliphatic heterocycles. The summed E-state index contributed by atoms with van der Waals surface area (Å²) in [5.74, 6) is -1.73. The van der Waals surface area contributed by atoms with Gasteiger partial charge in [0.1, 0.15) is 13.2 Å². The summed E-state index contributed by atoms with van der Waals surface area (Å²) >= 11 is 0. The van der Waals surface area contributed by atoms with Crippen molar-refractivity contribution in [1.82, 2.24) is 5.32 Å². The zero-order valence-electron chi connectivity index (χ0n) is 24.8. The predicted molar refractivity (Wildman–Crippen MR) is 153 cm³/mol. The first kappa shape index (κ1) is 37.0. The molecule has 38 heavy (non-hydrogen) atoms. The first-order chi connectivity index (χ1) is 18.0. The number of unbranched alkanes of at least 4 members (excludes halogenated alkanes) is 16. The highest BCUT2D eigenvalue weighted by atomic mass is 31.2. The summed E-state index contributed by atoms with van der Waals surface area (Å²) in [4.78, 5) is 33.3. The van der Waals surface area contributed by atoms with Crippen molar-refractivity contribution in [3.63, 3.8) is 0 Å². The van der Waals surface area contributed by atoms with Crippen molar-refractivity contribution in [2.45, 2.75) is 129 Å². The molecule has 0 saturated heterocycles. The number of rotatable bonds is 27. The standard InChI is InChI=1S/C28H57N2O7P/c1-5-6-7-8-9-10-11-12-13-14-15-16-17-18-19-20-21-22-27(31)29-26(28(32)33)25-37-38(34,35)36-24-23-30(2,3)4/h26H,5-25H2,1-4H3,(H2-,29,31,32,33,34,35)/p+1/t26-/m0/s1. The zero-order valence-corrected chi connectivity index (χ0v) is 25.7. The minimum Gasteiger partial charge on any atom is -0.480 e. The molecule has 0 rings (SSSR count). The zero-order chi connectivity index (χ0) is 28.7. The Morgan fingerprint density at radius 3 is 1.58 bits per heavy atom. The van der Waals surface area contributed by atoms with Crippen molar-refractivity contribution in [2.24, 2.45) is 0 Å². The van der Waals surface area contributed by atoms with Gasteiger partial charge in [0.15, 0.2) is 6.04 Å². The van der Waals surface area contributed by atoms with E-state index in [0.717, 1.165) is 19.3 Å². The average Bonchev–Trinajstić information content (AvgIpc) is 2.82. The maximum atomic E-state index is 12.1. The Bertz CT molecular complexity index is 656. The van der Waals surface area contributed by atoms with E-state index in [0.29, 0.717) is 17.4 Å². The van der Waals surface area contributed by atoms with Crippen LogP contribution in [0, 0.1) is 0 Å². The van der Waals surface area contributed by atoms with E-state index in [1.165, 1.54) is 83.5 Å². The Hall–Kier alpha value is -0.990. The number of likely N-dealkylation sites (N-methyl/N-ethyl adjacent to an activating group) is 1. The van der Waals surface area contributed by atoms with E-state index in [1.54, 1.807) is 0 Å². The third-order valence-electron chi connectivity index (χ3n) is 6.56. The Morgan fingerprint density at radius 1 is 0.763 bits per heavy atom. The summed E-state index contributed by atoms with van der Waals surface area (Å²) in [6.07, 6.45) is 21.6. The van der Waals surface area contributed by atoms with Gasteiger partial charge in [-0.15, -0.1) is 0 Å². The van der Waals surface area contributed by atoms with E-state index in [-0.39, 0.29) is 13.0 Å². The smallest absolute Gasteiger partial charge is 0.472 e. The SMILES string of the molecule is CCCCCCCCCCCCCCCCCCCC(=O)N[C@@H](COP(=O)(O)OCC[N+](C)(C)C)C(=O)O. The first-order valence-electron chi connectivity index (χ1n) is 14.9. The molecule has 0 spiro atoms. The molecule has 0 fully saturated rings. The lowest BCUT2D eigenvalue weighted by molar-refractivity contribution is -0.870. The molecular weight excluding hydrogens is 507 g/mol. The van der Waals surface area contributed by atoms with E-state index < -0.39 is 32.3 Å². The van der Waals surface area contributed by atoms with Crippen molar-refractivity contribution in [2.75, 3.05) is 40.9 Å². The number of phosphoric acid groups is 1. The molecule has 0 heterocycles. The number of phosphoric ester groups is 1. The number of hydrogen-bond donors (Lipinski definition) is 3. The van der Waals surface area contributed by atoms with E-state index in [4.69, 9.17) is 9.05 Å². The van der Waals surface area contributed by atoms with Gasteiger partial charge < -0.3 is 19.8 Å². The number of nitrogens with one attached hydrogen (secondary N) is 1. The van der Waals surface area contributed by atoms with Crippen molar-refractivity contribution in [3.8, 4) is 0 Å². The number of amides is 1. The Morgan fingerprint density at radius 2 is 1.18 bits per heavy atom. The molecule has 0 aromatic heterocycles. The maximum absolute atomic E-state index is 12.1. The molecule has 0 radical (unpaired) electrons. The van der Waals surface area contributed by atoms with Crippen LogP contribution in [0.5, 0.6) is 0 Å².